The van der Waals surface area contributed by atoms with Crippen molar-refractivity contribution in [3.63, 3.8) is 0 Å². The average Bonchev–Trinajstić information content (AvgIpc) is 2.85. The molecule has 0 atom stereocenters. The Morgan fingerprint density at radius 2 is 1.94 bits per heavy atom. The van der Waals surface area contributed by atoms with Crippen molar-refractivity contribution in [3.05, 3.63) is 64.8 Å². The smallest absolute Gasteiger partial charge is 0.268 e. The molecule has 3 aromatic heterocycles. The normalized spacial score (nSPS) is 14.1. The molecule has 0 spiro atoms. The zero-order valence-electron chi connectivity index (χ0n) is 19.8. The summed E-state index contributed by atoms with van der Waals surface area (Å²) in [7, 11) is 3.46. The summed E-state index contributed by atoms with van der Waals surface area (Å²) in [5, 5.41) is 9.62. The van der Waals surface area contributed by atoms with Crippen LogP contribution in [0.3, 0.4) is 0 Å². The predicted molar refractivity (Wildman–Crippen MR) is 135 cm³/mol. The molecule has 3 N–H and O–H groups in total. The van der Waals surface area contributed by atoms with Gasteiger partial charge in [-0.2, -0.15) is 0 Å². The number of anilines is 3. The van der Waals surface area contributed by atoms with Crippen LogP contribution in [0.2, 0.25) is 0 Å². The Labute approximate surface area is 201 Å². The summed E-state index contributed by atoms with van der Waals surface area (Å²) in [4.78, 5) is 38.8. The maximum Gasteiger partial charge on any atom is 0.268 e. The minimum absolute atomic E-state index is 0.199. The number of aryl methyl sites for hydroxylation is 1. The monoisotopic (exact) mass is 471 g/mol. The summed E-state index contributed by atoms with van der Waals surface area (Å²) in [5.74, 6) is 1.53. The molecule has 0 radical (unpaired) electrons. The molecule has 0 fully saturated rings. The number of rotatable bonds is 5. The van der Waals surface area contributed by atoms with Gasteiger partial charge in [0.15, 0.2) is 5.60 Å². The van der Waals surface area contributed by atoms with Crippen molar-refractivity contribution in [1.29, 1.82) is 0 Å². The Balaban J connectivity index is 1.57. The van der Waals surface area contributed by atoms with E-state index in [-0.39, 0.29) is 11.5 Å². The Morgan fingerprint density at radius 1 is 1.11 bits per heavy atom. The van der Waals surface area contributed by atoms with Gasteiger partial charge in [0, 0.05) is 32.4 Å². The van der Waals surface area contributed by atoms with Crippen molar-refractivity contribution in [1.82, 2.24) is 19.5 Å². The van der Waals surface area contributed by atoms with Gasteiger partial charge in [-0.05, 0) is 55.8 Å². The lowest BCUT2D eigenvalue weighted by atomic mass is 10.0. The highest BCUT2D eigenvalue weighted by Crippen LogP contribution is 2.37. The highest BCUT2D eigenvalue weighted by molar-refractivity contribution is 6.01. The van der Waals surface area contributed by atoms with Gasteiger partial charge in [0.2, 0.25) is 0 Å². The molecule has 0 saturated carbocycles. The third-order valence-corrected chi connectivity index (χ3v) is 5.88. The number of nitrogens with one attached hydrogen (secondary N) is 3. The van der Waals surface area contributed by atoms with Crippen LogP contribution < -0.4 is 26.2 Å². The highest BCUT2D eigenvalue weighted by Gasteiger charge is 2.35. The second kappa shape index (κ2) is 8.39. The molecule has 35 heavy (non-hydrogen) atoms. The lowest BCUT2D eigenvalue weighted by Crippen LogP contribution is -2.45. The first-order valence-electron chi connectivity index (χ1n) is 11.1. The first-order chi connectivity index (χ1) is 16.7. The zero-order valence-corrected chi connectivity index (χ0v) is 19.8. The van der Waals surface area contributed by atoms with Gasteiger partial charge in [-0.3, -0.25) is 9.59 Å². The molecular formula is C25H25N7O3. The van der Waals surface area contributed by atoms with Gasteiger partial charge in [0.1, 0.15) is 22.8 Å². The topological polar surface area (TPSA) is 123 Å². The minimum Gasteiger partial charge on any atom is -0.476 e. The van der Waals surface area contributed by atoms with Crippen molar-refractivity contribution < 1.29 is 9.53 Å². The lowest BCUT2D eigenvalue weighted by molar-refractivity contribution is -0.129. The maximum absolute atomic E-state index is 13.0. The number of ether oxygens (including phenoxy) is 1. The predicted octanol–water partition coefficient (Wildman–Crippen LogP) is 3.15. The van der Waals surface area contributed by atoms with E-state index in [1.165, 1.54) is 10.9 Å². The second-order valence-corrected chi connectivity index (χ2v) is 8.84. The number of carbonyl (C=O) groups excluding carboxylic acids is 1. The number of hydrogen-bond acceptors (Lipinski definition) is 8. The van der Waals surface area contributed by atoms with Crippen LogP contribution in [0.25, 0.3) is 22.2 Å². The number of pyridine rings is 2. The number of amides is 1. The third kappa shape index (κ3) is 4.14. The van der Waals surface area contributed by atoms with Crippen LogP contribution in [0.1, 0.15) is 19.4 Å². The molecule has 0 saturated heterocycles. The summed E-state index contributed by atoms with van der Waals surface area (Å²) in [6.45, 7) is 3.87. The Bertz CT molecular complexity index is 1530. The van der Waals surface area contributed by atoms with Gasteiger partial charge >= 0.3 is 0 Å². The van der Waals surface area contributed by atoms with E-state index >= 15 is 0 Å². The molecule has 5 rings (SSSR count). The summed E-state index contributed by atoms with van der Waals surface area (Å²) >= 11 is 0. The molecule has 1 aliphatic heterocycles. The minimum atomic E-state index is -0.948. The van der Waals surface area contributed by atoms with Crippen LogP contribution in [0.15, 0.2) is 53.7 Å². The van der Waals surface area contributed by atoms with E-state index < -0.39 is 5.60 Å². The van der Waals surface area contributed by atoms with E-state index in [9.17, 15) is 9.59 Å². The van der Waals surface area contributed by atoms with Crippen molar-refractivity contribution in [3.8, 4) is 17.0 Å². The number of carbonyl (C=O) groups is 1. The number of nitrogens with zero attached hydrogens (tertiary/aromatic N) is 4. The molecule has 4 aromatic rings. The van der Waals surface area contributed by atoms with Crippen LogP contribution in [-0.2, 0) is 18.4 Å². The van der Waals surface area contributed by atoms with Gasteiger partial charge in [0.05, 0.1) is 23.2 Å². The SMILES string of the molecule is CNc1cc(CNc2nc(-c3ccc4c(c3)NC(=O)C(C)(C)O4)cc3ncn(C)c(=O)c23)ccn1. The molecule has 0 aliphatic carbocycles. The van der Waals surface area contributed by atoms with Gasteiger partial charge in [0.25, 0.3) is 11.5 Å². The van der Waals surface area contributed by atoms with Crippen LogP contribution >= 0.6 is 0 Å². The summed E-state index contributed by atoms with van der Waals surface area (Å²) in [6.07, 6.45) is 3.21. The van der Waals surface area contributed by atoms with E-state index in [0.29, 0.717) is 40.4 Å². The molecule has 4 heterocycles. The number of aromatic nitrogens is 4. The fourth-order valence-corrected chi connectivity index (χ4v) is 3.87. The van der Waals surface area contributed by atoms with E-state index in [2.05, 4.69) is 25.9 Å². The average molecular weight is 472 g/mol. The quantitative estimate of drug-likeness (QED) is 0.406. The molecule has 178 valence electrons. The van der Waals surface area contributed by atoms with Crippen molar-refractivity contribution >= 4 is 34.1 Å². The zero-order chi connectivity index (χ0) is 24.7. The first-order valence-corrected chi connectivity index (χ1v) is 11.1. The van der Waals surface area contributed by atoms with E-state index in [0.717, 1.165) is 16.9 Å². The molecule has 1 amide bonds. The summed E-state index contributed by atoms with van der Waals surface area (Å²) in [6, 6.07) is 11.1. The first kappa shape index (κ1) is 22.3. The molecule has 0 unspecified atom stereocenters. The summed E-state index contributed by atoms with van der Waals surface area (Å²) in [5.41, 5.74) is 2.27. The maximum atomic E-state index is 13.0. The fraction of sp³-hybridized carbons (Fsp3) is 0.240. The highest BCUT2D eigenvalue weighted by atomic mass is 16.5. The molecule has 10 nitrogen and oxygen atoms in total. The van der Waals surface area contributed by atoms with E-state index in [1.807, 2.05) is 24.3 Å². The van der Waals surface area contributed by atoms with Crippen LogP contribution in [-0.4, -0.2) is 38.1 Å². The number of benzene rings is 1. The van der Waals surface area contributed by atoms with Crippen molar-refractivity contribution in [2.75, 3.05) is 23.0 Å². The second-order valence-electron chi connectivity index (χ2n) is 8.84. The Hall–Kier alpha value is -4.47. The molecule has 1 aliphatic rings. The standard InChI is InChI=1S/C25H25N7O3/c1-25(2)24(34)31-17-10-15(5-6-19(17)35-25)16-11-18-21(23(33)32(4)13-29-18)22(30-16)28-12-14-7-8-27-20(9-14)26-3/h5-11,13H,12H2,1-4H3,(H,26,27)(H,28,30)(H,31,34). The van der Waals surface area contributed by atoms with Crippen molar-refractivity contribution in [2.24, 2.45) is 7.05 Å². The van der Waals surface area contributed by atoms with Crippen LogP contribution in [0, 0.1) is 0 Å². The lowest BCUT2D eigenvalue weighted by Gasteiger charge is -2.31. The van der Waals surface area contributed by atoms with Crippen LogP contribution in [0.5, 0.6) is 5.75 Å². The van der Waals surface area contributed by atoms with Crippen LogP contribution in [0.4, 0.5) is 17.3 Å². The van der Waals surface area contributed by atoms with Gasteiger partial charge in [-0.15, -0.1) is 0 Å². The van der Waals surface area contributed by atoms with E-state index in [4.69, 9.17) is 9.72 Å². The number of fused-ring (bicyclic) bond motifs is 2. The van der Waals surface area contributed by atoms with Gasteiger partial charge in [-0.1, -0.05) is 0 Å². The molecule has 10 heteroatoms. The molecular weight excluding hydrogens is 446 g/mol. The Morgan fingerprint density at radius 3 is 2.74 bits per heavy atom. The fourth-order valence-electron chi connectivity index (χ4n) is 3.87. The molecule has 0 bridgehead atoms. The van der Waals surface area contributed by atoms with Gasteiger partial charge in [-0.25, -0.2) is 15.0 Å². The largest absolute Gasteiger partial charge is 0.476 e. The van der Waals surface area contributed by atoms with Crippen molar-refractivity contribution in [2.45, 2.75) is 26.0 Å². The van der Waals surface area contributed by atoms with E-state index in [1.54, 1.807) is 46.3 Å². The molecule has 1 aromatic carbocycles. The summed E-state index contributed by atoms with van der Waals surface area (Å²) < 4.78 is 7.26. The number of hydrogen-bond donors (Lipinski definition) is 3. The third-order valence-electron chi connectivity index (χ3n) is 5.88. The van der Waals surface area contributed by atoms with Gasteiger partial charge < -0.3 is 25.3 Å². The Kier molecular flexibility index (Phi) is 5.35.